The van der Waals surface area contributed by atoms with Gasteiger partial charge in [-0.2, -0.15) is 0 Å². The van der Waals surface area contributed by atoms with Crippen LogP contribution in [0.1, 0.15) is 13.3 Å². The maximum Gasteiger partial charge on any atom is 0.254 e. The van der Waals surface area contributed by atoms with Crippen molar-refractivity contribution in [3.8, 4) is 0 Å². The van der Waals surface area contributed by atoms with E-state index in [4.69, 9.17) is 4.74 Å². The molecule has 1 aromatic carbocycles. The molecule has 1 saturated heterocycles. The summed E-state index contributed by atoms with van der Waals surface area (Å²) in [6.07, 6.45) is -0.0596. The molecule has 1 fully saturated rings. The molecular formula is C14H19N3O3. The van der Waals surface area contributed by atoms with Gasteiger partial charge in [0.2, 0.25) is 5.91 Å². The van der Waals surface area contributed by atoms with E-state index in [2.05, 4.69) is 16.0 Å². The van der Waals surface area contributed by atoms with E-state index in [1.54, 1.807) is 31.2 Å². The van der Waals surface area contributed by atoms with E-state index in [1.165, 1.54) is 0 Å². The van der Waals surface area contributed by atoms with Gasteiger partial charge in [0.05, 0.1) is 6.61 Å². The summed E-state index contributed by atoms with van der Waals surface area (Å²) in [5, 5.41) is 8.64. The molecular weight excluding hydrogens is 258 g/mol. The third-order valence-corrected chi connectivity index (χ3v) is 2.96. The maximum absolute atomic E-state index is 12.0. The molecule has 0 bridgehead atoms. The van der Waals surface area contributed by atoms with Crippen molar-refractivity contribution in [3.05, 3.63) is 24.3 Å². The fourth-order valence-electron chi connectivity index (χ4n) is 1.88. The van der Waals surface area contributed by atoms with Gasteiger partial charge in [0.25, 0.3) is 5.91 Å². The number of benzene rings is 1. The summed E-state index contributed by atoms with van der Waals surface area (Å²) in [5.74, 6) is -0.246. The van der Waals surface area contributed by atoms with Gasteiger partial charge in [-0.3, -0.25) is 9.59 Å². The lowest BCUT2D eigenvalue weighted by Gasteiger charge is -2.22. The zero-order chi connectivity index (χ0) is 14.4. The number of anilines is 2. The Bertz CT molecular complexity index is 484. The van der Waals surface area contributed by atoms with Crippen molar-refractivity contribution in [3.63, 3.8) is 0 Å². The van der Waals surface area contributed by atoms with Gasteiger partial charge in [0.1, 0.15) is 6.10 Å². The number of carbonyl (C=O) groups excluding carboxylic acids is 2. The van der Waals surface area contributed by atoms with Crippen molar-refractivity contribution in [2.24, 2.45) is 0 Å². The Morgan fingerprint density at radius 3 is 2.75 bits per heavy atom. The molecule has 0 radical (unpaired) electrons. The average Bonchev–Trinajstić information content (AvgIpc) is 2.48. The summed E-state index contributed by atoms with van der Waals surface area (Å²) in [5.41, 5.74) is 1.30. The molecule has 3 N–H and O–H groups in total. The highest BCUT2D eigenvalue weighted by Crippen LogP contribution is 2.16. The lowest BCUT2D eigenvalue weighted by Crippen LogP contribution is -2.45. The van der Waals surface area contributed by atoms with Gasteiger partial charge in [0.15, 0.2) is 0 Å². The predicted octanol–water partition coefficient (Wildman–Crippen LogP) is 0.962. The molecule has 108 valence electrons. The second-order valence-corrected chi connectivity index (χ2v) is 4.54. The summed E-state index contributed by atoms with van der Waals surface area (Å²) in [7, 11) is 0. The number of hydrogen-bond donors (Lipinski definition) is 3. The number of morpholine rings is 1. The standard InChI is InChI=1S/C14H19N3O3/c1-2-13(18)16-10-4-3-5-11(8-10)17-14(19)12-9-15-6-7-20-12/h3-5,8,12,15H,2,6-7,9H2,1H3,(H,16,18)(H,17,19). The van der Waals surface area contributed by atoms with Crippen LogP contribution in [0, 0.1) is 0 Å². The Hall–Kier alpha value is -1.92. The van der Waals surface area contributed by atoms with Crippen LogP contribution < -0.4 is 16.0 Å². The second kappa shape index (κ2) is 7.02. The minimum absolute atomic E-state index is 0.0618. The first kappa shape index (κ1) is 14.5. The highest BCUT2D eigenvalue weighted by atomic mass is 16.5. The summed E-state index contributed by atoms with van der Waals surface area (Å²) in [6.45, 7) is 3.60. The quantitative estimate of drug-likeness (QED) is 0.766. The molecule has 2 amide bonds. The highest BCUT2D eigenvalue weighted by Gasteiger charge is 2.21. The number of rotatable bonds is 4. The van der Waals surface area contributed by atoms with Crippen molar-refractivity contribution in [1.82, 2.24) is 5.32 Å². The van der Waals surface area contributed by atoms with Gasteiger partial charge < -0.3 is 20.7 Å². The van der Waals surface area contributed by atoms with Gasteiger partial charge in [-0.05, 0) is 18.2 Å². The molecule has 6 nitrogen and oxygen atoms in total. The van der Waals surface area contributed by atoms with Crippen LogP contribution in [0.25, 0.3) is 0 Å². The molecule has 1 atom stereocenters. The Balaban J connectivity index is 1.96. The molecule has 1 unspecified atom stereocenters. The van der Waals surface area contributed by atoms with E-state index in [0.717, 1.165) is 6.54 Å². The van der Waals surface area contributed by atoms with E-state index >= 15 is 0 Å². The molecule has 0 saturated carbocycles. The lowest BCUT2D eigenvalue weighted by molar-refractivity contribution is -0.128. The molecule has 6 heteroatoms. The summed E-state index contributed by atoms with van der Waals surface area (Å²) < 4.78 is 5.38. The van der Waals surface area contributed by atoms with Crippen LogP contribution in [0.3, 0.4) is 0 Å². The van der Waals surface area contributed by atoms with Crippen molar-refractivity contribution in [2.45, 2.75) is 19.4 Å². The van der Waals surface area contributed by atoms with E-state index in [0.29, 0.717) is 30.9 Å². The van der Waals surface area contributed by atoms with Crippen LogP contribution in [0.15, 0.2) is 24.3 Å². The largest absolute Gasteiger partial charge is 0.366 e. The Kier molecular flexibility index (Phi) is 5.09. The zero-order valence-electron chi connectivity index (χ0n) is 11.4. The number of hydrogen-bond acceptors (Lipinski definition) is 4. The number of amides is 2. The molecule has 1 heterocycles. The molecule has 0 aromatic heterocycles. The fourth-order valence-corrected chi connectivity index (χ4v) is 1.88. The van der Waals surface area contributed by atoms with Gasteiger partial charge in [0, 0.05) is 30.9 Å². The minimum atomic E-state index is -0.474. The van der Waals surface area contributed by atoms with Crippen LogP contribution in [0.4, 0.5) is 11.4 Å². The van der Waals surface area contributed by atoms with Crippen LogP contribution >= 0.6 is 0 Å². The molecule has 2 rings (SSSR count). The highest BCUT2D eigenvalue weighted by molar-refractivity contribution is 5.96. The predicted molar refractivity (Wildman–Crippen MR) is 76.6 cm³/mol. The number of carbonyl (C=O) groups is 2. The normalized spacial score (nSPS) is 18.4. The summed E-state index contributed by atoms with van der Waals surface area (Å²) in [4.78, 5) is 23.3. The first-order valence-corrected chi connectivity index (χ1v) is 6.72. The fraction of sp³-hybridized carbons (Fsp3) is 0.429. The number of ether oxygens (including phenoxy) is 1. The van der Waals surface area contributed by atoms with Crippen molar-refractivity contribution >= 4 is 23.2 Å². The Morgan fingerprint density at radius 2 is 2.10 bits per heavy atom. The van der Waals surface area contributed by atoms with Crippen LogP contribution in [0.2, 0.25) is 0 Å². The Labute approximate surface area is 117 Å². The van der Waals surface area contributed by atoms with E-state index in [1.807, 2.05) is 0 Å². The molecule has 1 aromatic rings. The smallest absolute Gasteiger partial charge is 0.254 e. The first-order valence-electron chi connectivity index (χ1n) is 6.72. The average molecular weight is 277 g/mol. The van der Waals surface area contributed by atoms with Gasteiger partial charge in [-0.1, -0.05) is 13.0 Å². The summed E-state index contributed by atoms with van der Waals surface area (Å²) >= 11 is 0. The van der Waals surface area contributed by atoms with Crippen molar-refractivity contribution in [2.75, 3.05) is 30.3 Å². The van der Waals surface area contributed by atoms with Gasteiger partial charge in [-0.15, -0.1) is 0 Å². The van der Waals surface area contributed by atoms with E-state index < -0.39 is 6.10 Å². The maximum atomic E-state index is 12.0. The van der Waals surface area contributed by atoms with Crippen LogP contribution in [0.5, 0.6) is 0 Å². The topological polar surface area (TPSA) is 79.5 Å². The Morgan fingerprint density at radius 1 is 1.35 bits per heavy atom. The van der Waals surface area contributed by atoms with E-state index in [-0.39, 0.29) is 11.8 Å². The van der Waals surface area contributed by atoms with Crippen molar-refractivity contribution < 1.29 is 14.3 Å². The molecule has 1 aliphatic heterocycles. The lowest BCUT2D eigenvalue weighted by atomic mass is 10.2. The van der Waals surface area contributed by atoms with Crippen LogP contribution in [-0.4, -0.2) is 37.6 Å². The summed E-state index contributed by atoms with van der Waals surface area (Å²) in [6, 6.07) is 7.06. The van der Waals surface area contributed by atoms with Crippen LogP contribution in [-0.2, 0) is 14.3 Å². The first-order chi connectivity index (χ1) is 9.69. The molecule has 0 aliphatic carbocycles. The van der Waals surface area contributed by atoms with Gasteiger partial charge >= 0.3 is 0 Å². The van der Waals surface area contributed by atoms with Gasteiger partial charge in [-0.25, -0.2) is 0 Å². The molecule has 0 spiro atoms. The van der Waals surface area contributed by atoms with E-state index in [9.17, 15) is 9.59 Å². The molecule has 1 aliphatic rings. The number of nitrogens with one attached hydrogen (secondary N) is 3. The third kappa shape index (κ3) is 4.04. The van der Waals surface area contributed by atoms with Crippen molar-refractivity contribution in [1.29, 1.82) is 0 Å². The zero-order valence-corrected chi connectivity index (χ0v) is 11.4. The third-order valence-electron chi connectivity index (χ3n) is 2.96. The SMILES string of the molecule is CCC(=O)Nc1cccc(NC(=O)C2CNCCO2)c1. The monoisotopic (exact) mass is 277 g/mol. The minimum Gasteiger partial charge on any atom is -0.366 e. The molecule has 20 heavy (non-hydrogen) atoms. The second-order valence-electron chi connectivity index (χ2n) is 4.54.